The molecule has 3 aliphatic rings. The smallest absolute Gasteiger partial charge is 0.310 e. The van der Waals surface area contributed by atoms with Gasteiger partial charge in [0.2, 0.25) is 0 Å². The van der Waals surface area contributed by atoms with Gasteiger partial charge >= 0.3 is 5.97 Å². The van der Waals surface area contributed by atoms with E-state index in [1.54, 1.807) is 0 Å². The van der Waals surface area contributed by atoms with Gasteiger partial charge in [0.1, 0.15) is 0 Å². The largest absolute Gasteiger partial charge is 0.481 e. The average molecular weight is 265 g/mol. The van der Waals surface area contributed by atoms with Gasteiger partial charge in [-0.05, 0) is 63.8 Å². The number of carbonyl (C=O) groups is 1. The zero-order valence-electron chi connectivity index (χ0n) is 12.1. The standard InChI is InChI=1S/C16H27NO2/c1-16(15(18)19)8-3-9-17(11-16)14-5-2-4-13(10-14)12-6-7-12/h12-14H,2-11H2,1H3,(H,18,19). The average Bonchev–Trinajstić information content (AvgIpc) is 3.23. The van der Waals surface area contributed by atoms with E-state index in [9.17, 15) is 9.90 Å². The summed E-state index contributed by atoms with van der Waals surface area (Å²) in [5.74, 6) is 1.35. The number of piperidine rings is 1. The van der Waals surface area contributed by atoms with Crippen molar-refractivity contribution in [3.05, 3.63) is 0 Å². The third-order valence-electron chi connectivity index (χ3n) is 5.73. The van der Waals surface area contributed by atoms with Crippen LogP contribution < -0.4 is 0 Å². The summed E-state index contributed by atoms with van der Waals surface area (Å²) in [6, 6.07) is 0.665. The number of hydrogen-bond donors (Lipinski definition) is 1. The summed E-state index contributed by atoms with van der Waals surface area (Å²) in [6.45, 7) is 3.82. The quantitative estimate of drug-likeness (QED) is 0.852. The molecule has 19 heavy (non-hydrogen) atoms. The van der Waals surface area contributed by atoms with E-state index in [1.807, 2.05) is 6.92 Å². The Morgan fingerprint density at radius 2 is 1.95 bits per heavy atom. The molecule has 3 unspecified atom stereocenters. The molecule has 3 nitrogen and oxygen atoms in total. The first-order valence-corrected chi connectivity index (χ1v) is 8.06. The van der Waals surface area contributed by atoms with Crippen molar-refractivity contribution >= 4 is 5.97 Å². The first-order chi connectivity index (χ1) is 9.08. The van der Waals surface area contributed by atoms with Crippen LogP contribution in [-0.4, -0.2) is 35.1 Å². The SMILES string of the molecule is CC1(C(=O)O)CCCN(C2CCCC(C3CC3)C2)C1. The molecule has 2 saturated carbocycles. The lowest BCUT2D eigenvalue weighted by atomic mass is 9.78. The van der Waals surface area contributed by atoms with E-state index >= 15 is 0 Å². The maximum Gasteiger partial charge on any atom is 0.310 e. The number of aliphatic carboxylic acids is 1. The Morgan fingerprint density at radius 3 is 2.63 bits per heavy atom. The molecule has 3 heteroatoms. The summed E-state index contributed by atoms with van der Waals surface area (Å²) in [5.41, 5.74) is -0.509. The Morgan fingerprint density at radius 1 is 1.16 bits per heavy atom. The number of carboxylic acid groups (broad SMARTS) is 1. The lowest BCUT2D eigenvalue weighted by molar-refractivity contribution is -0.152. The van der Waals surface area contributed by atoms with E-state index in [-0.39, 0.29) is 0 Å². The first kappa shape index (κ1) is 13.4. The second-order valence-corrected chi connectivity index (χ2v) is 7.36. The highest BCUT2D eigenvalue weighted by Crippen LogP contribution is 2.45. The van der Waals surface area contributed by atoms with Gasteiger partial charge in [-0.1, -0.05) is 12.8 Å². The van der Waals surface area contributed by atoms with Crippen LogP contribution in [0.5, 0.6) is 0 Å². The lowest BCUT2D eigenvalue weighted by Crippen LogP contribution is -2.51. The van der Waals surface area contributed by atoms with Gasteiger partial charge in [-0.25, -0.2) is 0 Å². The maximum atomic E-state index is 11.5. The number of likely N-dealkylation sites (tertiary alicyclic amines) is 1. The minimum Gasteiger partial charge on any atom is -0.481 e. The van der Waals surface area contributed by atoms with E-state index in [0.29, 0.717) is 6.04 Å². The van der Waals surface area contributed by atoms with Crippen LogP contribution in [0.2, 0.25) is 0 Å². The zero-order valence-corrected chi connectivity index (χ0v) is 12.1. The van der Waals surface area contributed by atoms with E-state index in [2.05, 4.69) is 4.90 Å². The summed E-state index contributed by atoms with van der Waals surface area (Å²) in [7, 11) is 0. The Hall–Kier alpha value is -0.570. The van der Waals surface area contributed by atoms with Crippen molar-refractivity contribution in [3.63, 3.8) is 0 Å². The lowest BCUT2D eigenvalue weighted by Gasteiger charge is -2.44. The normalized spacial score (nSPS) is 41.1. The van der Waals surface area contributed by atoms with Crippen LogP contribution in [0.3, 0.4) is 0 Å². The third kappa shape index (κ3) is 2.81. The number of rotatable bonds is 3. The molecule has 1 N–H and O–H groups in total. The highest BCUT2D eigenvalue weighted by atomic mass is 16.4. The third-order valence-corrected chi connectivity index (χ3v) is 5.73. The summed E-state index contributed by atoms with van der Waals surface area (Å²) in [5, 5.41) is 9.44. The van der Waals surface area contributed by atoms with Crippen molar-refractivity contribution in [1.82, 2.24) is 4.90 Å². The molecule has 0 aromatic heterocycles. The van der Waals surface area contributed by atoms with E-state index < -0.39 is 11.4 Å². The van der Waals surface area contributed by atoms with Crippen molar-refractivity contribution in [2.24, 2.45) is 17.3 Å². The fourth-order valence-corrected chi connectivity index (χ4v) is 4.29. The van der Waals surface area contributed by atoms with Gasteiger partial charge in [0.15, 0.2) is 0 Å². The van der Waals surface area contributed by atoms with Crippen LogP contribution in [0.4, 0.5) is 0 Å². The summed E-state index contributed by atoms with van der Waals surface area (Å²) < 4.78 is 0. The second kappa shape index (κ2) is 5.08. The van der Waals surface area contributed by atoms with Crippen LogP contribution in [0, 0.1) is 17.3 Å². The monoisotopic (exact) mass is 265 g/mol. The molecule has 2 aliphatic carbocycles. The van der Waals surface area contributed by atoms with E-state index in [0.717, 1.165) is 37.8 Å². The molecule has 0 spiro atoms. The van der Waals surface area contributed by atoms with Crippen molar-refractivity contribution < 1.29 is 9.90 Å². The van der Waals surface area contributed by atoms with Crippen molar-refractivity contribution in [2.75, 3.05) is 13.1 Å². The van der Waals surface area contributed by atoms with Crippen LogP contribution >= 0.6 is 0 Å². The van der Waals surface area contributed by atoms with Crippen LogP contribution in [0.15, 0.2) is 0 Å². The Balaban J connectivity index is 1.62. The van der Waals surface area contributed by atoms with Gasteiger partial charge in [-0.3, -0.25) is 9.69 Å². The first-order valence-electron chi connectivity index (χ1n) is 8.06. The molecular weight excluding hydrogens is 238 g/mol. The molecular formula is C16H27NO2. The van der Waals surface area contributed by atoms with Crippen molar-refractivity contribution in [3.8, 4) is 0 Å². The van der Waals surface area contributed by atoms with Gasteiger partial charge in [-0.15, -0.1) is 0 Å². The van der Waals surface area contributed by atoms with Gasteiger partial charge < -0.3 is 5.11 Å². The Kier molecular flexibility index (Phi) is 3.59. The fraction of sp³-hybridized carbons (Fsp3) is 0.938. The molecule has 3 atom stereocenters. The predicted molar refractivity (Wildman–Crippen MR) is 75.0 cm³/mol. The van der Waals surface area contributed by atoms with Gasteiger partial charge in [0.05, 0.1) is 5.41 Å². The molecule has 1 saturated heterocycles. The minimum absolute atomic E-state index is 0.509. The summed E-state index contributed by atoms with van der Waals surface area (Å²) in [6.07, 6.45) is 10.2. The minimum atomic E-state index is -0.605. The molecule has 0 aromatic rings. The fourth-order valence-electron chi connectivity index (χ4n) is 4.29. The Bertz CT molecular complexity index is 353. The predicted octanol–water partition coefficient (Wildman–Crippen LogP) is 3.14. The molecule has 3 fully saturated rings. The molecule has 0 aromatic carbocycles. The number of nitrogens with zero attached hydrogens (tertiary/aromatic N) is 1. The highest BCUT2D eigenvalue weighted by Gasteiger charge is 2.42. The highest BCUT2D eigenvalue weighted by molar-refractivity contribution is 5.74. The van der Waals surface area contributed by atoms with Gasteiger partial charge in [0, 0.05) is 12.6 Å². The molecule has 1 heterocycles. The zero-order chi connectivity index (χ0) is 13.5. The van der Waals surface area contributed by atoms with E-state index in [1.165, 1.54) is 38.5 Å². The molecule has 3 rings (SSSR count). The summed E-state index contributed by atoms with van der Waals surface area (Å²) in [4.78, 5) is 14.0. The number of carboxylic acids is 1. The maximum absolute atomic E-state index is 11.5. The summed E-state index contributed by atoms with van der Waals surface area (Å²) >= 11 is 0. The Labute approximate surface area is 116 Å². The number of hydrogen-bond acceptors (Lipinski definition) is 2. The topological polar surface area (TPSA) is 40.5 Å². The molecule has 1 aliphatic heterocycles. The molecule has 0 radical (unpaired) electrons. The van der Waals surface area contributed by atoms with Crippen LogP contribution in [0.1, 0.15) is 58.3 Å². The van der Waals surface area contributed by atoms with Crippen LogP contribution in [0.25, 0.3) is 0 Å². The van der Waals surface area contributed by atoms with Gasteiger partial charge in [0.25, 0.3) is 0 Å². The van der Waals surface area contributed by atoms with Crippen molar-refractivity contribution in [1.29, 1.82) is 0 Å². The molecule has 108 valence electrons. The van der Waals surface area contributed by atoms with E-state index in [4.69, 9.17) is 0 Å². The van der Waals surface area contributed by atoms with Crippen molar-refractivity contribution in [2.45, 2.75) is 64.3 Å². The molecule has 0 amide bonds. The molecule has 0 bridgehead atoms. The van der Waals surface area contributed by atoms with Crippen LogP contribution in [-0.2, 0) is 4.79 Å². The second-order valence-electron chi connectivity index (χ2n) is 7.36. The van der Waals surface area contributed by atoms with Gasteiger partial charge in [-0.2, -0.15) is 0 Å².